The van der Waals surface area contributed by atoms with Crippen molar-refractivity contribution in [1.29, 1.82) is 0 Å². The number of carboxylic acid groups (broad SMARTS) is 2. The smallest absolute Gasteiger partial charge is 0.326 e. The number of carbonyl (C=O) groups is 6. The molecular formula is C26H46N6O9S2. The molecule has 0 saturated heterocycles. The lowest BCUT2D eigenvalue weighted by Crippen LogP contribution is -2.59. The van der Waals surface area contributed by atoms with Crippen LogP contribution in [0.2, 0.25) is 0 Å². The number of rotatable bonds is 22. The Hall–Kier alpha value is -3.02. The fourth-order valence-corrected chi connectivity index (χ4v) is 4.34. The molecule has 0 saturated carbocycles. The van der Waals surface area contributed by atoms with Gasteiger partial charge in [0.1, 0.15) is 30.2 Å². The van der Waals surface area contributed by atoms with Crippen LogP contribution < -0.4 is 32.3 Å². The number of hydrogen-bond donors (Lipinski definition) is 9. The summed E-state index contributed by atoms with van der Waals surface area (Å²) in [5.41, 5.74) is 5.47. The van der Waals surface area contributed by atoms with Gasteiger partial charge in [0.25, 0.3) is 0 Å². The highest BCUT2D eigenvalue weighted by atomic mass is 32.2. The molecule has 0 unspecified atom stereocenters. The zero-order valence-corrected chi connectivity index (χ0v) is 26.6. The Morgan fingerprint density at radius 3 is 1.86 bits per heavy atom. The Kier molecular flexibility index (Phi) is 20.1. The monoisotopic (exact) mass is 650 g/mol. The summed E-state index contributed by atoms with van der Waals surface area (Å²) in [6, 6.07) is -6.54. The summed E-state index contributed by atoms with van der Waals surface area (Å²) in [5, 5.41) is 40.6. The molecule has 0 rings (SSSR count). The molecule has 246 valence electrons. The Morgan fingerprint density at radius 2 is 1.35 bits per heavy atom. The zero-order chi connectivity index (χ0) is 33.1. The van der Waals surface area contributed by atoms with Crippen molar-refractivity contribution in [2.75, 3.05) is 25.2 Å². The van der Waals surface area contributed by atoms with E-state index in [9.17, 15) is 39.0 Å². The summed E-state index contributed by atoms with van der Waals surface area (Å²) in [7, 11) is 0. The van der Waals surface area contributed by atoms with Gasteiger partial charge in [0, 0.05) is 6.54 Å². The molecule has 0 aliphatic carbocycles. The van der Waals surface area contributed by atoms with Gasteiger partial charge >= 0.3 is 11.9 Å². The van der Waals surface area contributed by atoms with Gasteiger partial charge in [0.2, 0.25) is 23.6 Å². The van der Waals surface area contributed by atoms with E-state index in [4.69, 9.17) is 23.1 Å². The maximum Gasteiger partial charge on any atom is 0.326 e. The van der Waals surface area contributed by atoms with E-state index in [-0.39, 0.29) is 25.2 Å². The van der Waals surface area contributed by atoms with Crippen LogP contribution in [0.4, 0.5) is 0 Å². The molecule has 5 atom stereocenters. The molecule has 0 spiro atoms. The van der Waals surface area contributed by atoms with Crippen LogP contribution in [0.5, 0.6) is 0 Å². The third-order valence-corrected chi connectivity index (χ3v) is 6.83. The first-order chi connectivity index (χ1) is 20.1. The van der Waals surface area contributed by atoms with Crippen molar-refractivity contribution < 1.29 is 44.1 Å². The largest absolute Gasteiger partial charge is 0.481 e. The minimum absolute atomic E-state index is 0.0755. The molecule has 17 heteroatoms. The van der Waals surface area contributed by atoms with Crippen LogP contribution >= 0.6 is 24.0 Å². The minimum atomic E-state index is -1.61. The lowest BCUT2D eigenvalue weighted by atomic mass is 10.0. The summed E-state index contributed by atoms with van der Waals surface area (Å²) in [6.45, 7) is 5.10. The number of thioether (sulfide) groups is 1. The second-order valence-corrected chi connectivity index (χ2v) is 12.0. The highest BCUT2D eigenvalue weighted by Crippen LogP contribution is 2.10. The van der Waals surface area contributed by atoms with E-state index in [2.05, 4.69) is 26.6 Å². The van der Waals surface area contributed by atoms with E-state index < -0.39 is 78.8 Å². The highest BCUT2D eigenvalue weighted by molar-refractivity contribution is 7.98. The van der Waals surface area contributed by atoms with Gasteiger partial charge in [0.15, 0.2) is 0 Å². The number of aliphatic hydroxyl groups is 1. The number of hydrogen-bond acceptors (Lipinski definition) is 10. The predicted molar refractivity (Wildman–Crippen MR) is 165 cm³/mol. The van der Waals surface area contributed by atoms with Crippen LogP contribution in [0.3, 0.4) is 0 Å². The SMILES string of the molecule is CSCC[C@H](NC(=O)[C@H](CC(C)C)NC(=O)[C@H](CCCCNC(C)=S)NC(=O)[C@H](CC(=O)O)NC(=O)[C@@H](N)CO)C(=O)O. The van der Waals surface area contributed by atoms with Gasteiger partial charge in [-0.3, -0.25) is 24.0 Å². The lowest BCUT2D eigenvalue weighted by molar-refractivity contribution is -0.142. The molecule has 10 N–H and O–H groups in total. The number of nitrogens with two attached hydrogens (primary N) is 1. The number of unbranched alkanes of at least 4 members (excludes halogenated alkanes) is 1. The molecule has 0 radical (unpaired) electrons. The molecule has 0 aliphatic rings. The highest BCUT2D eigenvalue weighted by Gasteiger charge is 2.32. The molecule has 4 amide bonds. The van der Waals surface area contributed by atoms with Crippen LogP contribution in [0.15, 0.2) is 0 Å². The second kappa shape index (κ2) is 21.6. The van der Waals surface area contributed by atoms with Crippen LogP contribution in [-0.2, 0) is 28.8 Å². The Labute approximate surface area is 261 Å². The van der Waals surface area contributed by atoms with Gasteiger partial charge in [-0.15, -0.1) is 0 Å². The molecule has 43 heavy (non-hydrogen) atoms. The summed E-state index contributed by atoms with van der Waals surface area (Å²) in [5.74, 6) is -5.61. The van der Waals surface area contributed by atoms with Gasteiger partial charge in [0.05, 0.1) is 18.0 Å². The van der Waals surface area contributed by atoms with Crippen molar-refractivity contribution in [3.8, 4) is 0 Å². The standard InChI is InChI=1S/C26H46N6O9S2/c1-14(2)11-19(24(38)30-18(26(40)41)8-10-43-4)32-23(37)17(7-5-6-9-28-15(3)42)29-25(39)20(12-21(34)35)31-22(36)16(27)13-33/h14,16-20,33H,5-13,27H2,1-4H3,(H,28,42)(H,29,39)(H,30,38)(H,31,36)(H,32,37)(H,34,35)(H,40,41)/t16-,17-,18-,19-,20-/m0/s1. The van der Waals surface area contributed by atoms with Gasteiger partial charge in [-0.2, -0.15) is 11.8 Å². The number of amides is 4. The molecule has 15 nitrogen and oxygen atoms in total. The van der Waals surface area contributed by atoms with E-state index in [0.29, 0.717) is 30.1 Å². The van der Waals surface area contributed by atoms with Crippen molar-refractivity contribution >= 4 is 64.5 Å². The first-order valence-corrected chi connectivity index (χ1v) is 15.7. The summed E-state index contributed by atoms with van der Waals surface area (Å²) in [4.78, 5) is 75.4. The van der Waals surface area contributed by atoms with E-state index in [1.165, 1.54) is 11.8 Å². The normalized spacial score (nSPS) is 14.4. The maximum atomic E-state index is 13.4. The topological polar surface area (TPSA) is 249 Å². The number of carbonyl (C=O) groups excluding carboxylic acids is 4. The van der Waals surface area contributed by atoms with Crippen molar-refractivity contribution in [2.24, 2.45) is 11.7 Å². The number of thiocarbonyl (C=S) groups is 1. The maximum absolute atomic E-state index is 13.4. The summed E-state index contributed by atoms with van der Waals surface area (Å²) >= 11 is 6.40. The molecule has 0 fully saturated rings. The number of aliphatic hydroxyl groups excluding tert-OH is 1. The first kappa shape index (κ1) is 40.0. The second-order valence-electron chi connectivity index (χ2n) is 10.4. The van der Waals surface area contributed by atoms with Gasteiger partial charge in [-0.05, 0) is 57.0 Å². The van der Waals surface area contributed by atoms with E-state index in [1.807, 2.05) is 13.8 Å². The predicted octanol–water partition coefficient (Wildman–Crippen LogP) is -1.29. The molecule has 0 aromatic heterocycles. The van der Waals surface area contributed by atoms with E-state index >= 15 is 0 Å². The molecule has 0 aliphatic heterocycles. The minimum Gasteiger partial charge on any atom is -0.481 e. The van der Waals surface area contributed by atoms with Crippen molar-refractivity contribution in [3.63, 3.8) is 0 Å². The molecule has 0 aromatic carbocycles. The third kappa shape index (κ3) is 17.6. The van der Waals surface area contributed by atoms with Crippen molar-refractivity contribution in [2.45, 2.75) is 89.5 Å². The summed E-state index contributed by atoms with van der Waals surface area (Å²) in [6.07, 6.45) is 2.37. The van der Waals surface area contributed by atoms with E-state index in [1.54, 1.807) is 13.2 Å². The average molecular weight is 651 g/mol. The molecule has 0 heterocycles. The van der Waals surface area contributed by atoms with Crippen LogP contribution in [0, 0.1) is 5.92 Å². The van der Waals surface area contributed by atoms with E-state index in [0.717, 1.165) is 0 Å². The Bertz CT molecular complexity index is 969. The summed E-state index contributed by atoms with van der Waals surface area (Å²) < 4.78 is 0. The average Bonchev–Trinajstić information content (AvgIpc) is 2.91. The van der Waals surface area contributed by atoms with Crippen LogP contribution in [-0.4, -0.2) is 111 Å². The zero-order valence-electron chi connectivity index (χ0n) is 25.0. The van der Waals surface area contributed by atoms with Crippen molar-refractivity contribution in [3.05, 3.63) is 0 Å². The quantitative estimate of drug-likeness (QED) is 0.0489. The van der Waals surface area contributed by atoms with Gasteiger partial charge in [-0.1, -0.05) is 26.1 Å². The lowest BCUT2D eigenvalue weighted by Gasteiger charge is -2.27. The number of nitrogens with one attached hydrogen (secondary N) is 5. The fourth-order valence-electron chi connectivity index (χ4n) is 3.77. The number of carboxylic acids is 2. The van der Waals surface area contributed by atoms with Crippen LogP contribution in [0.25, 0.3) is 0 Å². The third-order valence-electron chi connectivity index (χ3n) is 6.04. The fraction of sp³-hybridized carbons (Fsp3) is 0.731. The molecular weight excluding hydrogens is 604 g/mol. The van der Waals surface area contributed by atoms with Crippen molar-refractivity contribution in [1.82, 2.24) is 26.6 Å². The van der Waals surface area contributed by atoms with Gasteiger partial charge < -0.3 is 47.6 Å². The Balaban J connectivity index is 5.95. The first-order valence-electron chi connectivity index (χ1n) is 13.9. The van der Waals surface area contributed by atoms with Gasteiger partial charge in [-0.25, -0.2) is 4.79 Å². The molecule has 0 bridgehead atoms. The number of aliphatic carboxylic acids is 2. The Morgan fingerprint density at radius 1 is 0.814 bits per heavy atom. The van der Waals surface area contributed by atoms with Crippen LogP contribution in [0.1, 0.15) is 59.3 Å². The molecule has 0 aromatic rings.